The maximum atomic E-state index is 11.3. The van der Waals surface area contributed by atoms with Crippen molar-refractivity contribution in [3.8, 4) is 32.1 Å². The highest BCUT2D eigenvalue weighted by Gasteiger charge is 2.13. The number of rotatable bonds is 7. The SMILES string of the molecule is CC(=O)Pc1ncc(-c2ccc(-c3cc4sc(-c5ccc6nc(PC(C)O)[nH]c6c5)cc4s3)cc2)[nH]1. The highest BCUT2D eigenvalue weighted by molar-refractivity contribution is 7.64. The summed E-state index contributed by atoms with van der Waals surface area (Å²) in [5.74, 6) is -0.393. The van der Waals surface area contributed by atoms with Crippen LogP contribution in [0.2, 0.25) is 0 Å². The van der Waals surface area contributed by atoms with Crippen LogP contribution in [0, 0.1) is 0 Å². The fraction of sp³-hybridized carbons (Fsp3) is 0.115. The number of hydrogen-bond acceptors (Lipinski definition) is 6. The molecule has 180 valence electrons. The molecule has 0 bridgehead atoms. The van der Waals surface area contributed by atoms with Gasteiger partial charge in [-0.25, -0.2) is 9.97 Å². The number of benzene rings is 2. The van der Waals surface area contributed by atoms with Gasteiger partial charge in [-0.05, 0) is 63.4 Å². The molecule has 3 unspecified atom stereocenters. The molecule has 3 atom stereocenters. The molecular weight excluding hydrogens is 526 g/mol. The molecule has 0 saturated heterocycles. The van der Waals surface area contributed by atoms with Crippen LogP contribution in [0.15, 0.2) is 60.8 Å². The van der Waals surface area contributed by atoms with Crippen LogP contribution in [0.4, 0.5) is 0 Å². The highest BCUT2D eigenvalue weighted by Crippen LogP contribution is 2.42. The number of hydrogen-bond donors (Lipinski definition) is 3. The molecule has 0 saturated carbocycles. The number of aliphatic hydroxyl groups is 1. The first-order valence-corrected chi connectivity index (χ1v) is 15.0. The number of H-pyrrole nitrogens is 2. The Morgan fingerprint density at radius 3 is 2.28 bits per heavy atom. The molecule has 6 rings (SSSR count). The molecule has 3 N–H and O–H groups in total. The number of fused-ring (bicyclic) bond motifs is 2. The average molecular weight is 549 g/mol. The summed E-state index contributed by atoms with van der Waals surface area (Å²) in [6, 6.07) is 19.3. The third kappa shape index (κ3) is 4.80. The molecule has 0 aliphatic carbocycles. The lowest BCUT2D eigenvalue weighted by Gasteiger charge is -2.01. The van der Waals surface area contributed by atoms with Crippen LogP contribution in [0.3, 0.4) is 0 Å². The second-order valence-electron chi connectivity index (χ2n) is 8.49. The van der Waals surface area contributed by atoms with Crippen molar-refractivity contribution in [2.45, 2.75) is 19.7 Å². The Kier molecular flexibility index (Phi) is 6.32. The standard InChI is InChI=1S/C26H22N4O2P2S2/c1-13(31)33-25-27-12-20(30-25)15-3-5-16(6-4-15)21-10-23-24(35-21)11-22(36-23)17-7-8-18-19(9-17)29-26(28-18)34-14(2)32/h3-12,14,32-34H,1-2H3,(H,27,30)(H,28,29). The van der Waals surface area contributed by atoms with Crippen molar-refractivity contribution in [2.24, 2.45) is 0 Å². The lowest BCUT2D eigenvalue weighted by Crippen LogP contribution is -2.04. The zero-order chi connectivity index (χ0) is 24.8. The number of carbonyl (C=O) groups excluding carboxylic acids is 1. The van der Waals surface area contributed by atoms with E-state index in [4.69, 9.17) is 0 Å². The lowest BCUT2D eigenvalue weighted by atomic mass is 10.1. The minimum Gasteiger partial charge on any atom is -0.389 e. The highest BCUT2D eigenvalue weighted by atomic mass is 32.1. The van der Waals surface area contributed by atoms with Gasteiger partial charge in [0.15, 0.2) is 5.52 Å². The fourth-order valence-corrected chi connectivity index (χ4v) is 7.91. The van der Waals surface area contributed by atoms with Crippen molar-refractivity contribution in [3.05, 3.63) is 60.8 Å². The molecule has 4 heterocycles. The number of aliphatic hydroxyl groups excluding tert-OH is 1. The topological polar surface area (TPSA) is 94.7 Å². The third-order valence-electron chi connectivity index (χ3n) is 5.67. The van der Waals surface area contributed by atoms with Crippen molar-refractivity contribution in [1.29, 1.82) is 0 Å². The molecule has 6 aromatic rings. The Balaban J connectivity index is 1.23. The van der Waals surface area contributed by atoms with Gasteiger partial charge in [0.1, 0.15) is 11.1 Å². The van der Waals surface area contributed by atoms with Gasteiger partial charge >= 0.3 is 0 Å². The van der Waals surface area contributed by atoms with Crippen molar-refractivity contribution < 1.29 is 9.90 Å². The van der Waals surface area contributed by atoms with E-state index in [2.05, 4.69) is 68.5 Å². The molecule has 0 radical (unpaired) electrons. The van der Waals surface area contributed by atoms with E-state index in [1.54, 1.807) is 42.7 Å². The zero-order valence-electron chi connectivity index (χ0n) is 19.4. The van der Waals surface area contributed by atoms with Gasteiger partial charge in [0.25, 0.3) is 0 Å². The molecule has 0 spiro atoms. The van der Waals surface area contributed by atoms with Gasteiger partial charge in [0.05, 0.1) is 28.8 Å². The first-order valence-electron chi connectivity index (χ1n) is 11.3. The van der Waals surface area contributed by atoms with Gasteiger partial charge in [0, 0.05) is 27.7 Å². The normalized spacial score (nSPS) is 13.2. The lowest BCUT2D eigenvalue weighted by molar-refractivity contribution is -0.109. The molecule has 10 heteroatoms. The van der Waals surface area contributed by atoms with Crippen molar-refractivity contribution in [2.75, 3.05) is 0 Å². The maximum absolute atomic E-state index is 11.3. The molecule has 36 heavy (non-hydrogen) atoms. The average Bonchev–Trinajstić information content (AvgIpc) is 3.60. The molecule has 6 nitrogen and oxygen atoms in total. The summed E-state index contributed by atoms with van der Waals surface area (Å²) in [5, 5.41) is 9.66. The first kappa shape index (κ1) is 23.7. The number of nitrogens with one attached hydrogen (secondary N) is 2. The smallest absolute Gasteiger partial charge is 0.155 e. The molecule has 2 aromatic carbocycles. The molecule has 4 aromatic heterocycles. The second-order valence-corrected chi connectivity index (χ2v) is 13.7. The van der Waals surface area contributed by atoms with E-state index in [1.807, 2.05) is 6.07 Å². The van der Waals surface area contributed by atoms with Crippen LogP contribution < -0.4 is 11.1 Å². The summed E-state index contributed by atoms with van der Waals surface area (Å²) in [7, 11) is 0.322. The summed E-state index contributed by atoms with van der Waals surface area (Å²) in [6.07, 6.45) is 1.79. The van der Waals surface area contributed by atoms with E-state index >= 15 is 0 Å². The Labute approximate surface area is 218 Å². The van der Waals surface area contributed by atoms with Crippen molar-refractivity contribution in [1.82, 2.24) is 19.9 Å². The molecule has 0 amide bonds. The van der Waals surface area contributed by atoms with Gasteiger partial charge in [-0.1, -0.05) is 30.3 Å². The quantitative estimate of drug-likeness (QED) is 0.212. The van der Waals surface area contributed by atoms with Crippen molar-refractivity contribution in [3.63, 3.8) is 0 Å². The minimum atomic E-state index is -0.393. The van der Waals surface area contributed by atoms with Crippen LogP contribution in [0.1, 0.15) is 13.8 Å². The van der Waals surface area contributed by atoms with Gasteiger partial charge in [-0.2, -0.15) is 0 Å². The predicted octanol–water partition coefficient (Wildman–Crippen LogP) is 6.06. The number of imidazole rings is 2. The summed E-state index contributed by atoms with van der Waals surface area (Å²) >= 11 is 3.60. The number of aromatic nitrogens is 4. The van der Waals surface area contributed by atoms with Crippen LogP contribution in [-0.4, -0.2) is 36.4 Å². The zero-order valence-corrected chi connectivity index (χ0v) is 23.1. The Hall–Kier alpha value is -2.73. The molecular formula is C26H22N4O2P2S2. The summed E-state index contributed by atoms with van der Waals surface area (Å²) in [6.45, 7) is 3.36. The van der Waals surface area contributed by atoms with Crippen LogP contribution in [0.5, 0.6) is 0 Å². The predicted molar refractivity (Wildman–Crippen MR) is 156 cm³/mol. The number of nitrogens with zero attached hydrogens (tertiary/aromatic N) is 2. The minimum absolute atomic E-state index is 0.0661. The van der Waals surface area contributed by atoms with E-state index in [0.29, 0.717) is 0 Å². The Morgan fingerprint density at radius 1 is 0.917 bits per heavy atom. The Morgan fingerprint density at radius 2 is 1.58 bits per heavy atom. The van der Waals surface area contributed by atoms with Gasteiger partial charge in [0.2, 0.25) is 0 Å². The van der Waals surface area contributed by atoms with E-state index in [1.165, 1.54) is 30.3 Å². The van der Waals surface area contributed by atoms with Gasteiger partial charge in [-0.3, -0.25) is 4.79 Å². The maximum Gasteiger partial charge on any atom is 0.155 e. The number of thiophene rings is 2. The van der Waals surface area contributed by atoms with E-state index in [-0.39, 0.29) is 22.7 Å². The molecule has 0 aliphatic heterocycles. The van der Waals surface area contributed by atoms with Gasteiger partial charge < -0.3 is 15.1 Å². The first-order chi connectivity index (χ1) is 17.4. The van der Waals surface area contributed by atoms with Crippen molar-refractivity contribution >= 4 is 76.9 Å². The van der Waals surface area contributed by atoms with E-state index in [9.17, 15) is 9.90 Å². The molecule has 0 fully saturated rings. The number of aromatic amines is 2. The Bertz CT molecular complexity index is 1680. The van der Waals surface area contributed by atoms with Crippen LogP contribution in [0.25, 0.3) is 52.6 Å². The second kappa shape index (κ2) is 9.62. The number of carbonyl (C=O) groups is 1. The third-order valence-corrected chi connectivity index (χ3v) is 9.83. The van der Waals surface area contributed by atoms with Crippen LogP contribution in [-0.2, 0) is 4.79 Å². The largest absolute Gasteiger partial charge is 0.389 e. The summed E-state index contributed by atoms with van der Waals surface area (Å²) < 4.78 is 2.55. The van der Waals surface area contributed by atoms with Gasteiger partial charge in [-0.15, -0.1) is 22.7 Å². The monoisotopic (exact) mass is 548 g/mol. The van der Waals surface area contributed by atoms with E-state index in [0.717, 1.165) is 33.4 Å². The fourth-order valence-electron chi connectivity index (χ4n) is 4.06. The van der Waals surface area contributed by atoms with E-state index < -0.39 is 5.85 Å². The van der Waals surface area contributed by atoms with Crippen LogP contribution >= 0.6 is 39.8 Å². The summed E-state index contributed by atoms with van der Waals surface area (Å²) in [5.41, 5.74) is 7.94. The summed E-state index contributed by atoms with van der Waals surface area (Å²) in [4.78, 5) is 29.3. The molecule has 0 aliphatic rings.